The zero-order valence-electron chi connectivity index (χ0n) is 14.0. The Labute approximate surface area is 134 Å². The van der Waals surface area contributed by atoms with Crippen LogP contribution in [0.1, 0.15) is 45.2 Å². The molecular formula is C18H29NO3. The maximum absolute atomic E-state index is 9.87. The molecule has 0 spiro atoms. The normalized spacial score (nSPS) is 23.4. The molecule has 1 saturated heterocycles. The number of piperidine rings is 1. The number of aliphatic hydroxyl groups is 1. The minimum absolute atomic E-state index is 0.0575. The first-order valence-electron chi connectivity index (χ1n) is 8.35. The molecule has 22 heavy (non-hydrogen) atoms. The largest absolute Gasteiger partial charge is 0.395 e. The van der Waals surface area contributed by atoms with Gasteiger partial charge in [0.1, 0.15) is 0 Å². The number of aliphatic hydroxyl groups excluding tert-OH is 1. The van der Waals surface area contributed by atoms with E-state index in [4.69, 9.17) is 9.47 Å². The second kappa shape index (κ2) is 8.06. The van der Waals surface area contributed by atoms with Crippen LogP contribution in [0.3, 0.4) is 0 Å². The lowest BCUT2D eigenvalue weighted by atomic mass is 9.92. The topological polar surface area (TPSA) is 41.9 Å². The van der Waals surface area contributed by atoms with E-state index in [0.717, 1.165) is 13.0 Å². The number of ether oxygens (including phenoxy) is 2. The van der Waals surface area contributed by atoms with E-state index in [-0.39, 0.29) is 18.7 Å². The third-order valence-electron chi connectivity index (χ3n) is 4.57. The van der Waals surface area contributed by atoms with Crippen molar-refractivity contribution in [2.45, 2.75) is 51.5 Å². The lowest BCUT2D eigenvalue weighted by Gasteiger charge is -2.47. The molecular weight excluding hydrogens is 278 g/mol. The standard InChI is InChI=1S/C18H29NO3/c1-4-21-18(22-5-2)11-12-19(17(13-18)14-20)15(3)16-9-7-6-8-10-16/h6-10,15,17,20H,4-5,11-14H2,1-3H3/t15-,17?/m0/s1. The van der Waals surface area contributed by atoms with Crippen molar-refractivity contribution >= 4 is 0 Å². The molecule has 1 heterocycles. The molecule has 4 heteroatoms. The van der Waals surface area contributed by atoms with Gasteiger partial charge in [-0.1, -0.05) is 30.3 Å². The maximum Gasteiger partial charge on any atom is 0.171 e. The highest BCUT2D eigenvalue weighted by Crippen LogP contribution is 2.36. The molecule has 2 rings (SSSR count). The lowest BCUT2D eigenvalue weighted by Crippen LogP contribution is -2.54. The molecule has 1 aliphatic rings. The zero-order chi connectivity index (χ0) is 16.0. The van der Waals surface area contributed by atoms with Crippen molar-refractivity contribution in [2.75, 3.05) is 26.4 Å². The summed E-state index contributed by atoms with van der Waals surface area (Å²) in [4.78, 5) is 2.37. The first-order chi connectivity index (χ1) is 10.7. The van der Waals surface area contributed by atoms with Crippen molar-refractivity contribution in [2.24, 2.45) is 0 Å². The molecule has 2 atom stereocenters. The van der Waals surface area contributed by atoms with Crippen molar-refractivity contribution in [1.29, 1.82) is 0 Å². The maximum atomic E-state index is 9.87. The SMILES string of the molecule is CCOC1(OCC)CCN([C@@H](C)c2ccccc2)C(CO)C1. The van der Waals surface area contributed by atoms with Gasteiger partial charge in [-0.3, -0.25) is 4.90 Å². The fourth-order valence-electron chi connectivity index (χ4n) is 3.49. The van der Waals surface area contributed by atoms with Crippen LogP contribution in [0.15, 0.2) is 30.3 Å². The summed E-state index contributed by atoms with van der Waals surface area (Å²) in [5, 5.41) is 9.87. The summed E-state index contributed by atoms with van der Waals surface area (Å²) in [5.41, 5.74) is 1.28. The van der Waals surface area contributed by atoms with Crippen LogP contribution in [-0.2, 0) is 9.47 Å². The van der Waals surface area contributed by atoms with E-state index in [1.54, 1.807) is 0 Å². The van der Waals surface area contributed by atoms with Gasteiger partial charge in [-0.15, -0.1) is 0 Å². The van der Waals surface area contributed by atoms with Gasteiger partial charge in [-0.25, -0.2) is 0 Å². The molecule has 1 unspecified atom stereocenters. The summed E-state index contributed by atoms with van der Waals surface area (Å²) in [5.74, 6) is -0.538. The second-order valence-electron chi connectivity index (χ2n) is 5.89. The molecule has 4 nitrogen and oxygen atoms in total. The Morgan fingerprint density at radius 3 is 2.41 bits per heavy atom. The predicted molar refractivity (Wildman–Crippen MR) is 87.7 cm³/mol. The fraction of sp³-hybridized carbons (Fsp3) is 0.667. The van der Waals surface area contributed by atoms with Crippen LogP contribution in [0.25, 0.3) is 0 Å². The van der Waals surface area contributed by atoms with Crippen molar-refractivity contribution in [3.05, 3.63) is 35.9 Å². The molecule has 1 fully saturated rings. The number of likely N-dealkylation sites (tertiary alicyclic amines) is 1. The lowest BCUT2D eigenvalue weighted by molar-refractivity contribution is -0.265. The molecule has 0 bridgehead atoms. The number of hydrogen-bond acceptors (Lipinski definition) is 4. The summed E-state index contributed by atoms with van der Waals surface area (Å²) in [6.45, 7) is 8.44. The summed E-state index contributed by atoms with van der Waals surface area (Å²) >= 11 is 0. The summed E-state index contributed by atoms with van der Waals surface area (Å²) < 4.78 is 11.8. The predicted octanol–water partition coefficient (Wildman–Crippen LogP) is 2.97. The number of hydrogen-bond donors (Lipinski definition) is 1. The monoisotopic (exact) mass is 307 g/mol. The molecule has 1 aromatic rings. The minimum Gasteiger partial charge on any atom is -0.395 e. The Hall–Kier alpha value is -0.940. The highest BCUT2D eigenvalue weighted by molar-refractivity contribution is 5.19. The minimum atomic E-state index is -0.538. The quantitative estimate of drug-likeness (QED) is 0.786. The molecule has 0 aromatic heterocycles. The Kier molecular flexibility index (Phi) is 6.38. The first-order valence-corrected chi connectivity index (χ1v) is 8.35. The third-order valence-corrected chi connectivity index (χ3v) is 4.57. The molecule has 124 valence electrons. The molecule has 0 saturated carbocycles. The van der Waals surface area contributed by atoms with E-state index in [2.05, 4.69) is 36.1 Å². The average Bonchev–Trinajstić information content (AvgIpc) is 2.55. The van der Waals surface area contributed by atoms with E-state index >= 15 is 0 Å². The molecule has 0 amide bonds. The van der Waals surface area contributed by atoms with Gasteiger partial charge in [-0.2, -0.15) is 0 Å². The van der Waals surface area contributed by atoms with Crippen LogP contribution in [0.5, 0.6) is 0 Å². The number of benzene rings is 1. The van der Waals surface area contributed by atoms with Crippen LogP contribution < -0.4 is 0 Å². The Morgan fingerprint density at radius 1 is 1.23 bits per heavy atom. The van der Waals surface area contributed by atoms with Crippen LogP contribution in [-0.4, -0.2) is 48.2 Å². The van der Waals surface area contributed by atoms with Gasteiger partial charge in [0.15, 0.2) is 5.79 Å². The molecule has 0 radical (unpaired) electrons. The van der Waals surface area contributed by atoms with Crippen molar-refractivity contribution in [3.63, 3.8) is 0 Å². The Balaban J connectivity index is 2.12. The van der Waals surface area contributed by atoms with E-state index in [1.165, 1.54) is 5.56 Å². The van der Waals surface area contributed by atoms with Crippen LogP contribution in [0.2, 0.25) is 0 Å². The van der Waals surface area contributed by atoms with E-state index in [9.17, 15) is 5.11 Å². The highest BCUT2D eigenvalue weighted by Gasteiger charge is 2.42. The van der Waals surface area contributed by atoms with Gasteiger partial charge in [0.25, 0.3) is 0 Å². The van der Waals surface area contributed by atoms with E-state index < -0.39 is 5.79 Å². The van der Waals surface area contributed by atoms with E-state index in [0.29, 0.717) is 19.6 Å². The van der Waals surface area contributed by atoms with Gasteiger partial charge in [0.05, 0.1) is 6.61 Å². The average molecular weight is 307 g/mol. The molecule has 0 aliphatic carbocycles. The molecule has 1 N–H and O–H groups in total. The smallest absolute Gasteiger partial charge is 0.171 e. The van der Waals surface area contributed by atoms with Gasteiger partial charge in [0, 0.05) is 44.7 Å². The van der Waals surface area contributed by atoms with Crippen LogP contribution in [0, 0.1) is 0 Å². The van der Waals surface area contributed by atoms with Crippen molar-refractivity contribution in [1.82, 2.24) is 4.90 Å². The van der Waals surface area contributed by atoms with Crippen LogP contribution >= 0.6 is 0 Å². The third kappa shape index (κ3) is 3.87. The number of nitrogens with zero attached hydrogens (tertiary/aromatic N) is 1. The summed E-state index contributed by atoms with van der Waals surface area (Å²) in [6.07, 6.45) is 1.55. The molecule has 1 aliphatic heterocycles. The first kappa shape index (κ1) is 17.4. The summed E-state index contributed by atoms with van der Waals surface area (Å²) in [6, 6.07) is 10.8. The second-order valence-corrected chi connectivity index (χ2v) is 5.89. The molecule has 1 aromatic carbocycles. The summed E-state index contributed by atoms with van der Waals surface area (Å²) in [7, 11) is 0. The number of rotatable bonds is 7. The highest BCUT2D eigenvalue weighted by atomic mass is 16.7. The fourth-order valence-corrected chi connectivity index (χ4v) is 3.49. The van der Waals surface area contributed by atoms with E-state index in [1.807, 2.05) is 19.9 Å². The van der Waals surface area contributed by atoms with Gasteiger partial charge >= 0.3 is 0 Å². The zero-order valence-corrected chi connectivity index (χ0v) is 14.0. The van der Waals surface area contributed by atoms with Gasteiger partial charge in [-0.05, 0) is 26.3 Å². The Bertz CT molecular complexity index is 431. The van der Waals surface area contributed by atoms with Gasteiger partial charge in [0.2, 0.25) is 0 Å². The van der Waals surface area contributed by atoms with Crippen molar-refractivity contribution in [3.8, 4) is 0 Å². The Morgan fingerprint density at radius 2 is 1.86 bits per heavy atom. The van der Waals surface area contributed by atoms with Crippen molar-refractivity contribution < 1.29 is 14.6 Å². The van der Waals surface area contributed by atoms with Crippen LogP contribution in [0.4, 0.5) is 0 Å². The van der Waals surface area contributed by atoms with Gasteiger partial charge < -0.3 is 14.6 Å².